The third-order valence-electron chi connectivity index (χ3n) is 4.43. The van der Waals surface area contributed by atoms with Crippen LogP contribution in [0.4, 0.5) is 0 Å². The summed E-state index contributed by atoms with van der Waals surface area (Å²) in [6, 6.07) is 22.7. The molecule has 0 aliphatic carbocycles. The molecular weight excluding hydrogens is 384 g/mol. The molecule has 140 valence electrons. The predicted octanol–water partition coefficient (Wildman–Crippen LogP) is 5.65. The predicted molar refractivity (Wildman–Crippen MR) is 120 cm³/mol. The highest BCUT2D eigenvalue weighted by molar-refractivity contribution is 7.99. The van der Waals surface area contributed by atoms with Gasteiger partial charge in [-0.1, -0.05) is 65.9 Å². The van der Waals surface area contributed by atoms with E-state index in [0.717, 1.165) is 20.8 Å². The van der Waals surface area contributed by atoms with Crippen molar-refractivity contribution in [1.29, 1.82) is 0 Å². The molecule has 1 heterocycles. The molecule has 0 N–H and O–H groups in total. The van der Waals surface area contributed by atoms with E-state index < -0.39 is 0 Å². The third-order valence-corrected chi connectivity index (χ3v) is 6.57. The number of aromatic nitrogens is 1. The van der Waals surface area contributed by atoms with Crippen LogP contribution in [0.25, 0.3) is 21.0 Å². The van der Waals surface area contributed by atoms with Gasteiger partial charge in [-0.2, -0.15) is 4.99 Å². The topological polar surface area (TPSA) is 34.4 Å². The minimum atomic E-state index is -0.0860. The summed E-state index contributed by atoms with van der Waals surface area (Å²) >= 11 is 3.25. The third kappa shape index (κ3) is 3.96. The zero-order valence-corrected chi connectivity index (χ0v) is 17.0. The smallest absolute Gasteiger partial charge is 0.249 e. The van der Waals surface area contributed by atoms with Crippen molar-refractivity contribution < 1.29 is 4.79 Å². The van der Waals surface area contributed by atoms with Crippen LogP contribution in [-0.2, 0) is 11.3 Å². The second-order valence-electron chi connectivity index (χ2n) is 6.34. The molecule has 0 bridgehead atoms. The van der Waals surface area contributed by atoms with Gasteiger partial charge >= 0.3 is 0 Å². The number of fused-ring (bicyclic) bond motifs is 3. The molecule has 4 rings (SSSR count). The maximum atomic E-state index is 12.5. The molecule has 28 heavy (non-hydrogen) atoms. The summed E-state index contributed by atoms with van der Waals surface area (Å²) in [5, 5.41) is 2.38. The number of thiazole rings is 1. The number of nitrogens with zero attached hydrogens (tertiary/aromatic N) is 2. The van der Waals surface area contributed by atoms with Gasteiger partial charge in [0.05, 0.1) is 10.2 Å². The Morgan fingerprint density at radius 2 is 1.86 bits per heavy atom. The summed E-state index contributed by atoms with van der Waals surface area (Å²) in [5.74, 6) is 0.638. The van der Waals surface area contributed by atoms with Gasteiger partial charge in [0.25, 0.3) is 0 Å². The molecule has 5 heteroatoms. The summed E-state index contributed by atoms with van der Waals surface area (Å²) in [6.45, 7) is 4.49. The van der Waals surface area contributed by atoms with Gasteiger partial charge in [0.15, 0.2) is 4.80 Å². The van der Waals surface area contributed by atoms with E-state index in [4.69, 9.17) is 0 Å². The van der Waals surface area contributed by atoms with Crippen molar-refractivity contribution in [2.24, 2.45) is 4.99 Å². The van der Waals surface area contributed by atoms with Crippen molar-refractivity contribution in [2.75, 3.05) is 5.75 Å². The SMILES string of the molecule is C=CCn1c(=NC(=O)CCSc2ccccc2)sc2c3ccccc3ccc21. The highest BCUT2D eigenvalue weighted by Crippen LogP contribution is 2.27. The Kier molecular flexibility index (Phi) is 5.74. The largest absolute Gasteiger partial charge is 0.312 e. The average molecular weight is 405 g/mol. The maximum Gasteiger partial charge on any atom is 0.249 e. The summed E-state index contributed by atoms with van der Waals surface area (Å²) < 4.78 is 3.23. The number of rotatable bonds is 6. The molecule has 0 spiro atoms. The van der Waals surface area contributed by atoms with Gasteiger partial charge < -0.3 is 4.57 Å². The van der Waals surface area contributed by atoms with Gasteiger partial charge in [0.2, 0.25) is 5.91 Å². The lowest BCUT2D eigenvalue weighted by Gasteiger charge is -2.03. The van der Waals surface area contributed by atoms with Crippen LogP contribution < -0.4 is 4.80 Å². The van der Waals surface area contributed by atoms with Gasteiger partial charge in [-0.15, -0.1) is 18.3 Å². The number of hydrogen-bond donors (Lipinski definition) is 0. The molecule has 3 nitrogen and oxygen atoms in total. The Morgan fingerprint density at radius 3 is 2.68 bits per heavy atom. The molecule has 0 atom stereocenters. The van der Waals surface area contributed by atoms with Gasteiger partial charge in [0, 0.05) is 29.0 Å². The van der Waals surface area contributed by atoms with Crippen molar-refractivity contribution in [3.63, 3.8) is 0 Å². The summed E-state index contributed by atoms with van der Waals surface area (Å²) in [6.07, 6.45) is 2.26. The zero-order valence-electron chi connectivity index (χ0n) is 15.4. The van der Waals surface area contributed by atoms with Crippen LogP contribution in [0.1, 0.15) is 6.42 Å². The lowest BCUT2D eigenvalue weighted by molar-refractivity contribution is -0.117. The molecule has 1 aromatic heterocycles. The van der Waals surface area contributed by atoms with Crippen LogP contribution in [-0.4, -0.2) is 16.2 Å². The second-order valence-corrected chi connectivity index (χ2v) is 8.48. The first-order valence-electron chi connectivity index (χ1n) is 9.13. The lowest BCUT2D eigenvalue weighted by Crippen LogP contribution is -2.16. The number of amides is 1. The zero-order chi connectivity index (χ0) is 19.3. The van der Waals surface area contributed by atoms with Crippen LogP contribution in [0.5, 0.6) is 0 Å². The Labute approximate surface area is 172 Å². The van der Waals surface area contributed by atoms with Crippen LogP contribution in [0.3, 0.4) is 0 Å². The Bertz CT molecular complexity index is 1210. The molecule has 4 aromatic rings. The normalized spacial score (nSPS) is 11.9. The maximum absolute atomic E-state index is 12.5. The standard InChI is InChI=1S/C23H20N2OS2/c1-2-15-25-20-13-12-17-8-6-7-11-19(17)22(20)28-23(25)24-21(26)14-16-27-18-9-4-3-5-10-18/h2-13H,1,14-16H2. The first kappa shape index (κ1) is 18.7. The van der Waals surface area contributed by atoms with E-state index in [1.165, 1.54) is 15.7 Å². The minimum absolute atomic E-state index is 0.0860. The number of benzene rings is 3. The molecule has 0 saturated carbocycles. The highest BCUT2D eigenvalue weighted by Gasteiger charge is 2.10. The Balaban J connectivity index is 1.64. The number of hydrogen-bond acceptors (Lipinski definition) is 3. The molecule has 0 aliphatic heterocycles. The molecule has 0 aliphatic rings. The van der Waals surface area contributed by atoms with E-state index in [2.05, 4.69) is 52.5 Å². The van der Waals surface area contributed by atoms with E-state index >= 15 is 0 Å². The molecular formula is C23H20N2OS2. The number of allylic oxidation sites excluding steroid dienone is 1. The quantitative estimate of drug-likeness (QED) is 0.307. The van der Waals surface area contributed by atoms with Crippen LogP contribution >= 0.6 is 23.1 Å². The number of carbonyl (C=O) groups is 1. The van der Waals surface area contributed by atoms with Gasteiger partial charge in [-0.05, 0) is 23.6 Å². The Morgan fingerprint density at radius 1 is 1.07 bits per heavy atom. The van der Waals surface area contributed by atoms with Crippen molar-refractivity contribution in [3.8, 4) is 0 Å². The van der Waals surface area contributed by atoms with E-state index in [1.54, 1.807) is 23.1 Å². The first-order valence-corrected chi connectivity index (χ1v) is 10.9. The van der Waals surface area contributed by atoms with E-state index in [0.29, 0.717) is 13.0 Å². The fraction of sp³-hybridized carbons (Fsp3) is 0.130. The molecule has 0 fully saturated rings. The van der Waals surface area contributed by atoms with Crippen molar-refractivity contribution >= 4 is 50.0 Å². The Hall–Kier alpha value is -2.63. The molecule has 1 amide bonds. The monoisotopic (exact) mass is 404 g/mol. The summed E-state index contributed by atoms with van der Waals surface area (Å²) in [7, 11) is 0. The number of thioether (sulfide) groups is 1. The van der Waals surface area contributed by atoms with Gasteiger partial charge in [-0.25, -0.2) is 0 Å². The van der Waals surface area contributed by atoms with E-state index in [1.807, 2.05) is 36.4 Å². The summed E-state index contributed by atoms with van der Waals surface area (Å²) in [4.78, 5) is 18.8. The van der Waals surface area contributed by atoms with E-state index in [-0.39, 0.29) is 5.91 Å². The number of carbonyl (C=O) groups excluding carboxylic acids is 1. The molecule has 0 saturated heterocycles. The second kappa shape index (κ2) is 8.59. The van der Waals surface area contributed by atoms with Crippen molar-refractivity contribution in [2.45, 2.75) is 17.9 Å². The molecule has 0 radical (unpaired) electrons. The van der Waals surface area contributed by atoms with Crippen molar-refractivity contribution in [3.05, 3.63) is 84.2 Å². The van der Waals surface area contributed by atoms with Gasteiger partial charge in [0.1, 0.15) is 0 Å². The summed E-state index contributed by atoms with van der Waals surface area (Å²) in [5.41, 5.74) is 1.09. The first-order chi connectivity index (χ1) is 13.8. The van der Waals surface area contributed by atoms with Crippen LogP contribution in [0, 0.1) is 0 Å². The van der Waals surface area contributed by atoms with E-state index in [9.17, 15) is 4.79 Å². The van der Waals surface area contributed by atoms with Gasteiger partial charge in [-0.3, -0.25) is 4.79 Å². The lowest BCUT2D eigenvalue weighted by atomic mass is 10.1. The highest BCUT2D eigenvalue weighted by atomic mass is 32.2. The fourth-order valence-corrected chi connectivity index (χ4v) is 5.18. The van der Waals surface area contributed by atoms with Crippen molar-refractivity contribution in [1.82, 2.24) is 4.57 Å². The molecule has 3 aromatic carbocycles. The fourth-order valence-electron chi connectivity index (χ4n) is 3.12. The molecule has 0 unspecified atom stereocenters. The van der Waals surface area contributed by atoms with Crippen LogP contribution in [0.15, 0.2) is 89.3 Å². The average Bonchev–Trinajstić information content (AvgIpc) is 3.07. The minimum Gasteiger partial charge on any atom is -0.312 e. The van der Waals surface area contributed by atoms with Crippen LogP contribution in [0.2, 0.25) is 0 Å².